The molecule has 5 amide bonds. The van der Waals surface area contributed by atoms with E-state index in [1.807, 2.05) is 6.92 Å². The molecule has 2 N–H and O–H groups in total. The van der Waals surface area contributed by atoms with Crippen molar-refractivity contribution in [1.82, 2.24) is 5.32 Å². The first-order chi connectivity index (χ1) is 20.6. The lowest BCUT2D eigenvalue weighted by atomic mass is 10.1. The van der Waals surface area contributed by atoms with Gasteiger partial charge in [-0.15, -0.1) is 0 Å². The SMILES string of the molecule is CCCOc1ccc(N2C(=O)NC(=O)/C(=C\c3cc(Cl)c(OCC(=O)Nc4ccc(Cl)cc4)c(OC)c3)C2=O)cc1OC. The Labute approximate surface area is 257 Å². The molecule has 1 saturated heterocycles. The predicted molar refractivity (Wildman–Crippen MR) is 161 cm³/mol. The van der Waals surface area contributed by atoms with Crippen molar-refractivity contribution in [1.29, 1.82) is 0 Å². The van der Waals surface area contributed by atoms with E-state index in [-0.39, 0.29) is 34.4 Å². The third kappa shape index (κ3) is 7.37. The number of amides is 5. The molecule has 13 heteroatoms. The van der Waals surface area contributed by atoms with E-state index in [1.54, 1.807) is 30.3 Å². The summed E-state index contributed by atoms with van der Waals surface area (Å²) in [6.07, 6.45) is 2.04. The van der Waals surface area contributed by atoms with E-state index >= 15 is 0 Å². The van der Waals surface area contributed by atoms with Gasteiger partial charge in [-0.05, 0) is 66.6 Å². The number of halogens is 2. The van der Waals surface area contributed by atoms with Crippen LogP contribution in [0.2, 0.25) is 10.0 Å². The van der Waals surface area contributed by atoms with Crippen molar-refractivity contribution in [3.05, 3.63) is 75.8 Å². The van der Waals surface area contributed by atoms with Gasteiger partial charge in [0.1, 0.15) is 5.57 Å². The molecule has 0 saturated carbocycles. The van der Waals surface area contributed by atoms with E-state index in [0.29, 0.717) is 34.4 Å². The smallest absolute Gasteiger partial charge is 0.335 e. The van der Waals surface area contributed by atoms with Gasteiger partial charge >= 0.3 is 6.03 Å². The van der Waals surface area contributed by atoms with E-state index in [9.17, 15) is 19.2 Å². The molecule has 0 radical (unpaired) electrons. The van der Waals surface area contributed by atoms with Crippen LogP contribution in [-0.2, 0) is 14.4 Å². The molecule has 0 aromatic heterocycles. The molecule has 1 aliphatic rings. The number of anilines is 2. The number of nitrogens with one attached hydrogen (secondary N) is 2. The fourth-order valence-corrected chi connectivity index (χ4v) is 4.42. The fraction of sp³-hybridized carbons (Fsp3) is 0.200. The summed E-state index contributed by atoms with van der Waals surface area (Å²) in [5.74, 6) is -1.25. The molecule has 1 fully saturated rings. The standard InChI is InChI=1S/C30H27Cl2N3O8/c1-4-11-42-23-10-9-20(15-24(23)40-2)35-29(38)21(28(37)34-30(35)39)12-17-13-22(32)27(25(14-17)41-3)43-16-26(36)33-19-7-5-18(31)6-8-19/h5-10,12-15H,4,11,16H2,1-3H3,(H,33,36)(H,34,37,39)/b21-12+. The van der Waals surface area contributed by atoms with Crippen LogP contribution < -0.4 is 34.5 Å². The van der Waals surface area contributed by atoms with E-state index in [2.05, 4.69) is 10.6 Å². The lowest BCUT2D eigenvalue weighted by Gasteiger charge is -2.27. The third-order valence-corrected chi connectivity index (χ3v) is 6.54. The number of rotatable bonds is 11. The van der Waals surface area contributed by atoms with E-state index < -0.39 is 23.8 Å². The molecule has 4 rings (SSSR count). The van der Waals surface area contributed by atoms with Gasteiger partial charge in [-0.25, -0.2) is 9.69 Å². The summed E-state index contributed by atoms with van der Waals surface area (Å²) in [5.41, 5.74) is 0.658. The molecule has 3 aromatic carbocycles. The summed E-state index contributed by atoms with van der Waals surface area (Å²) in [7, 11) is 2.80. The molecule has 43 heavy (non-hydrogen) atoms. The first kappa shape index (κ1) is 31.2. The first-order valence-electron chi connectivity index (χ1n) is 12.9. The number of nitrogens with zero attached hydrogens (tertiary/aromatic N) is 1. The summed E-state index contributed by atoms with van der Waals surface area (Å²) < 4.78 is 22.0. The number of barbiturate groups is 1. The second kappa shape index (κ2) is 14.0. The Balaban J connectivity index is 1.56. The minimum absolute atomic E-state index is 0.0505. The Morgan fingerprint density at radius 3 is 2.33 bits per heavy atom. The van der Waals surface area contributed by atoms with Crippen molar-refractivity contribution < 1.29 is 38.1 Å². The van der Waals surface area contributed by atoms with Crippen molar-refractivity contribution >= 4 is 64.4 Å². The highest BCUT2D eigenvalue weighted by molar-refractivity contribution is 6.39. The minimum atomic E-state index is -0.923. The van der Waals surface area contributed by atoms with Crippen LogP contribution >= 0.6 is 23.2 Å². The second-order valence-corrected chi connectivity index (χ2v) is 9.86. The maximum absolute atomic E-state index is 13.4. The average Bonchev–Trinajstić information content (AvgIpc) is 2.98. The molecule has 224 valence electrons. The Kier molecular flexibility index (Phi) is 10.1. The second-order valence-electron chi connectivity index (χ2n) is 9.02. The minimum Gasteiger partial charge on any atom is -0.493 e. The van der Waals surface area contributed by atoms with E-state index in [1.165, 1.54) is 44.6 Å². The zero-order chi connectivity index (χ0) is 31.1. The molecular weight excluding hydrogens is 601 g/mol. The van der Waals surface area contributed by atoms with E-state index in [4.69, 9.17) is 42.1 Å². The third-order valence-electron chi connectivity index (χ3n) is 6.01. The van der Waals surface area contributed by atoms with Crippen LogP contribution in [0.25, 0.3) is 6.08 Å². The maximum atomic E-state index is 13.4. The largest absolute Gasteiger partial charge is 0.493 e. The van der Waals surface area contributed by atoms with Crippen molar-refractivity contribution in [2.45, 2.75) is 13.3 Å². The zero-order valence-electron chi connectivity index (χ0n) is 23.4. The maximum Gasteiger partial charge on any atom is 0.335 e. The highest BCUT2D eigenvalue weighted by atomic mass is 35.5. The van der Waals surface area contributed by atoms with Crippen molar-refractivity contribution in [3.63, 3.8) is 0 Å². The van der Waals surface area contributed by atoms with Gasteiger partial charge < -0.3 is 24.3 Å². The number of ether oxygens (including phenoxy) is 4. The number of methoxy groups -OCH3 is 2. The lowest BCUT2D eigenvalue weighted by Crippen LogP contribution is -2.54. The van der Waals surface area contributed by atoms with Gasteiger partial charge in [0.2, 0.25) is 0 Å². The molecule has 0 unspecified atom stereocenters. The van der Waals surface area contributed by atoms with Crippen LogP contribution in [0, 0.1) is 0 Å². The Morgan fingerprint density at radius 2 is 1.65 bits per heavy atom. The number of hydrogen-bond donors (Lipinski definition) is 2. The number of imide groups is 2. The van der Waals surface area contributed by atoms with Gasteiger partial charge in [0.15, 0.2) is 29.6 Å². The summed E-state index contributed by atoms with van der Waals surface area (Å²) in [6.45, 7) is 2.02. The molecule has 11 nitrogen and oxygen atoms in total. The Hall–Kier alpha value is -4.74. The summed E-state index contributed by atoms with van der Waals surface area (Å²) in [5, 5.41) is 5.42. The van der Waals surface area contributed by atoms with Crippen LogP contribution in [0.3, 0.4) is 0 Å². The topological polar surface area (TPSA) is 132 Å². The highest BCUT2D eigenvalue weighted by Crippen LogP contribution is 2.38. The molecule has 1 heterocycles. The van der Waals surface area contributed by atoms with Gasteiger partial charge in [-0.1, -0.05) is 30.1 Å². The summed E-state index contributed by atoms with van der Waals surface area (Å²) in [6, 6.07) is 13.1. The van der Waals surface area contributed by atoms with Gasteiger partial charge in [0, 0.05) is 16.8 Å². The molecule has 3 aromatic rings. The predicted octanol–water partition coefficient (Wildman–Crippen LogP) is 5.48. The highest BCUT2D eigenvalue weighted by Gasteiger charge is 2.37. The number of hydrogen-bond acceptors (Lipinski definition) is 8. The molecule has 0 bridgehead atoms. The fourth-order valence-electron chi connectivity index (χ4n) is 4.02. The summed E-state index contributed by atoms with van der Waals surface area (Å²) >= 11 is 12.3. The van der Waals surface area contributed by atoms with Crippen molar-refractivity contribution in [2.75, 3.05) is 37.7 Å². The van der Waals surface area contributed by atoms with Gasteiger partial charge in [-0.2, -0.15) is 0 Å². The Morgan fingerprint density at radius 1 is 0.930 bits per heavy atom. The summed E-state index contributed by atoms with van der Waals surface area (Å²) in [4.78, 5) is 52.0. The van der Waals surface area contributed by atoms with Gasteiger partial charge in [0.25, 0.3) is 17.7 Å². The van der Waals surface area contributed by atoms with Crippen LogP contribution in [0.1, 0.15) is 18.9 Å². The molecule has 0 atom stereocenters. The van der Waals surface area contributed by atoms with Gasteiger partial charge in [0.05, 0.1) is 31.5 Å². The van der Waals surface area contributed by atoms with Crippen LogP contribution in [0.5, 0.6) is 23.0 Å². The molecular formula is C30H27Cl2N3O8. The number of carbonyl (C=O) groups excluding carboxylic acids is 4. The quantitative estimate of drug-likeness (QED) is 0.211. The average molecular weight is 628 g/mol. The lowest BCUT2D eigenvalue weighted by molar-refractivity contribution is -0.122. The molecule has 0 aliphatic carbocycles. The van der Waals surface area contributed by atoms with Crippen LogP contribution in [0.4, 0.5) is 16.2 Å². The number of carbonyl (C=O) groups is 4. The number of urea groups is 1. The Bertz CT molecular complexity index is 1590. The first-order valence-corrected chi connectivity index (χ1v) is 13.7. The molecule has 0 spiro atoms. The van der Waals surface area contributed by atoms with Crippen molar-refractivity contribution in [2.24, 2.45) is 0 Å². The normalized spacial score (nSPS) is 13.9. The zero-order valence-corrected chi connectivity index (χ0v) is 24.9. The van der Waals surface area contributed by atoms with Gasteiger partial charge in [-0.3, -0.25) is 19.7 Å². The molecule has 1 aliphatic heterocycles. The van der Waals surface area contributed by atoms with E-state index in [0.717, 1.165) is 11.3 Å². The number of benzene rings is 3. The monoisotopic (exact) mass is 627 g/mol. The van der Waals surface area contributed by atoms with Crippen LogP contribution in [-0.4, -0.2) is 51.2 Å². The van der Waals surface area contributed by atoms with Crippen molar-refractivity contribution in [3.8, 4) is 23.0 Å². The van der Waals surface area contributed by atoms with Crippen LogP contribution in [0.15, 0.2) is 60.2 Å².